The van der Waals surface area contributed by atoms with Crippen LogP contribution in [0.1, 0.15) is 58.4 Å². The van der Waals surface area contributed by atoms with Crippen molar-refractivity contribution in [3.05, 3.63) is 58.9 Å². The summed E-state index contributed by atoms with van der Waals surface area (Å²) in [5.41, 5.74) is 0.178. The third kappa shape index (κ3) is 6.65. The van der Waals surface area contributed by atoms with Gasteiger partial charge in [-0.1, -0.05) is 19.9 Å². The minimum atomic E-state index is -1.22. The Hall–Kier alpha value is -3.64. The molecule has 1 fully saturated rings. The summed E-state index contributed by atoms with van der Waals surface area (Å²) in [5, 5.41) is 11.3. The van der Waals surface area contributed by atoms with E-state index in [2.05, 4.69) is 4.98 Å². The van der Waals surface area contributed by atoms with Gasteiger partial charge < -0.3 is 19.6 Å². The fraction of sp³-hybridized carbons (Fsp3) is 0.548. The summed E-state index contributed by atoms with van der Waals surface area (Å²) >= 11 is 0. The molecular weight excluding hydrogens is 560 g/mol. The molecule has 0 radical (unpaired) electrons. The monoisotopic (exact) mass is 601 g/mol. The molecule has 0 bridgehead atoms. The number of carbonyl (C=O) groups is 3. The molecule has 3 heterocycles. The molecule has 3 atom stereocenters. The maximum Gasteiger partial charge on any atom is 0.410 e. The Labute approximate surface area is 251 Å². The zero-order valence-corrected chi connectivity index (χ0v) is 26.0. The maximum absolute atomic E-state index is 14.4. The highest BCUT2D eigenvalue weighted by Gasteiger charge is 2.48. The molecule has 4 rings (SSSR count). The van der Waals surface area contributed by atoms with Crippen LogP contribution in [0.3, 0.4) is 0 Å². The first kappa shape index (κ1) is 32.3. The number of aliphatic hydroxyl groups excluding tert-OH is 1. The lowest BCUT2D eigenvalue weighted by atomic mass is 9.86. The van der Waals surface area contributed by atoms with E-state index in [-0.39, 0.29) is 43.6 Å². The van der Waals surface area contributed by atoms with Gasteiger partial charge in [-0.2, -0.15) is 0 Å². The predicted molar refractivity (Wildman–Crippen MR) is 156 cm³/mol. The second-order valence-electron chi connectivity index (χ2n) is 13.1. The Kier molecular flexibility index (Phi) is 8.86. The summed E-state index contributed by atoms with van der Waals surface area (Å²) in [6.07, 6.45) is -0.131. The second kappa shape index (κ2) is 11.8. The molecule has 1 aromatic carbocycles. The third-order valence-corrected chi connectivity index (χ3v) is 7.97. The summed E-state index contributed by atoms with van der Waals surface area (Å²) in [6.45, 7) is 10.8. The number of hydrogen-bond donors (Lipinski definition) is 1. The SMILES string of the molecule is C[C@@H]1CN(CC(=O)N2c3cc(Cc4ccc(F)cc4F)ncc3C(C)(C)[C@H]2O)[C@@H](C(=O)N(C)C)CN1C(=O)OC(C)(C)C. The van der Waals surface area contributed by atoms with Gasteiger partial charge >= 0.3 is 6.09 Å². The first-order valence-electron chi connectivity index (χ1n) is 14.3. The molecule has 1 aromatic heterocycles. The van der Waals surface area contributed by atoms with Crippen LogP contribution in [0.4, 0.5) is 19.3 Å². The van der Waals surface area contributed by atoms with Crippen LogP contribution >= 0.6 is 0 Å². The Morgan fingerprint density at radius 2 is 1.81 bits per heavy atom. The number of ether oxygens (including phenoxy) is 1. The van der Waals surface area contributed by atoms with Crippen LogP contribution in [0.15, 0.2) is 30.5 Å². The van der Waals surface area contributed by atoms with Crippen molar-refractivity contribution >= 4 is 23.6 Å². The Balaban J connectivity index is 1.61. The number of rotatable bonds is 5. The van der Waals surface area contributed by atoms with Gasteiger partial charge in [-0.3, -0.25) is 24.4 Å². The minimum Gasteiger partial charge on any atom is -0.444 e. The average molecular weight is 602 g/mol. The van der Waals surface area contributed by atoms with Gasteiger partial charge in [-0.05, 0) is 45.4 Å². The highest BCUT2D eigenvalue weighted by Crippen LogP contribution is 2.44. The molecule has 43 heavy (non-hydrogen) atoms. The van der Waals surface area contributed by atoms with E-state index in [1.165, 1.54) is 26.8 Å². The van der Waals surface area contributed by atoms with E-state index in [1.807, 2.05) is 6.92 Å². The van der Waals surface area contributed by atoms with Crippen LogP contribution < -0.4 is 4.90 Å². The molecule has 2 aliphatic rings. The van der Waals surface area contributed by atoms with Gasteiger partial charge in [0.15, 0.2) is 0 Å². The highest BCUT2D eigenvalue weighted by molar-refractivity contribution is 5.98. The third-order valence-electron chi connectivity index (χ3n) is 7.97. The lowest BCUT2D eigenvalue weighted by Gasteiger charge is -2.45. The smallest absolute Gasteiger partial charge is 0.410 e. The van der Waals surface area contributed by atoms with Crippen molar-refractivity contribution in [2.24, 2.45) is 0 Å². The molecule has 1 saturated heterocycles. The number of piperazine rings is 1. The fourth-order valence-electron chi connectivity index (χ4n) is 5.58. The molecular formula is C31H41F2N5O5. The van der Waals surface area contributed by atoms with Gasteiger partial charge in [0.05, 0.1) is 12.2 Å². The number of aliphatic hydroxyl groups is 1. The van der Waals surface area contributed by atoms with Gasteiger partial charge in [0.25, 0.3) is 0 Å². The number of carbonyl (C=O) groups excluding carboxylic acids is 3. The predicted octanol–water partition coefficient (Wildman–Crippen LogP) is 3.29. The van der Waals surface area contributed by atoms with E-state index in [0.717, 1.165) is 6.07 Å². The molecule has 3 amide bonds. The van der Waals surface area contributed by atoms with E-state index in [4.69, 9.17) is 4.74 Å². The second-order valence-corrected chi connectivity index (χ2v) is 13.1. The Morgan fingerprint density at radius 3 is 2.42 bits per heavy atom. The number of nitrogens with zero attached hydrogens (tertiary/aromatic N) is 5. The number of fused-ring (bicyclic) bond motifs is 1. The highest BCUT2D eigenvalue weighted by atomic mass is 19.1. The molecule has 0 spiro atoms. The number of halogens is 2. The molecule has 12 heteroatoms. The first-order chi connectivity index (χ1) is 19.9. The van der Waals surface area contributed by atoms with E-state index in [9.17, 15) is 28.3 Å². The summed E-state index contributed by atoms with van der Waals surface area (Å²) in [7, 11) is 3.22. The lowest BCUT2D eigenvalue weighted by molar-refractivity contribution is -0.139. The van der Waals surface area contributed by atoms with Gasteiger partial charge in [0.1, 0.15) is 29.5 Å². The first-order valence-corrected chi connectivity index (χ1v) is 14.3. The number of amides is 3. The average Bonchev–Trinajstić information content (AvgIpc) is 3.08. The summed E-state index contributed by atoms with van der Waals surface area (Å²) in [6, 6.07) is 3.79. The largest absolute Gasteiger partial charge is 0.444 e. The molecule has 1 N–H and O–H groups in total. The van der Waals surface area contributed by atoms with Crippen LogP contribution in [0.25, 0.3) is 0 Å². The van der Waals surface area contributed by atoms with Crippen molar-refractivity contribution in [2.75, 3.05) is 38.6 Å². The van der Waals surface area contributed by atoms with E-state index < -0.39 is 46.9 Å². The van der Waals surface area contributed by atoms with Crippen molar-refractivity contribution in [1.82, 2.24) is 19.7 Å². The zero-order chi connectivity index (χ0) is 32.0. The summed E-state index contributed by atoms with van der Waals surface area (Å²) < 4.78 is 33.4. The molecule has 0 saturated carbocycles. The number of anilines is 1. The van der Waals surface area contributed by atoms with Crippen molar-refractivity contribution in [3.8, 4) is 0 Å². The number of likely N-dealkylation sites (N-methyl/N-ethyl adjacent to an activating group) is 1. The van der Waals surface area contributed by atoms with Crippen molar-refractivity contribution in [3.63, 3.8) is 0 Å². The number of benzene rings is 1. The molecule has 234 valence electrons. The topological polar surface area (TPSA) is 107 Å². The number of hydrogen-bond acceptors (Lipinski definition) is 7. The van der Waals surface area contributed by atoms with E-state index in [0.29, 0.717) is 16.9 Å². The van der Waals surface area contributed by atoms with Crippen molar-refractivity contribution in [2.45, 2.75) is 77.3 Å². The number of aromatic nitrogens is 1. The standard InChI is InChI=1S/C31H41F2N5O5/c1-18-15-36(25(27(40)35(7)8)16-37(18)29(42)43-30(2,3)4)17-26(39)38-24-13-21(11-19-9-10-20(32)12-23(19)33)34-14-22(24)31(5,6)28(38)41/h9-10,12-14,18,25,28,41H,11,15-17H2,1-8H3/t18-,25-,28-/m1/s1. The molecule has 0 aliphatic carbocycles. The van der Waals surface area contributed by atoms with Crippen LogP contribution in [-0.4, -0.2) is 100 Å². The Bertz CT molecular complexity index is 1410. The fourth-order valence-corrected chi connectivity index (χ4v) is 5.58. The summed E-state index contributed by atoms with van der Waals surface area (Å²) in [4.78, 5) is 50.6. The lowest BCUT2D eigenvalue weighted by Crippen LogP contribution is -2.65. The number of pyridine rings is 1. The van der Waals surface area contributed by atoms with Crippen LogP contribution in [-0.2, 0) is 26.2 Å². The minimum absolute atomic E-state index is 0.0301. The zero-order valence-electron chi connectivity index (χ0n) is 26.0. The van der Waals surface area contributed by atoms with Gasteiger partial charge in [-0.15, -0.1) is 0 Å². The maximum atomic E-state index is 14.4. The normalized spacial score (nSPS) is 21.9. The molecule has 10 nitrogen and oxygen atoms in total. The van der Waals surface area contributed by atoms with Gasteiger partial charge in [0.2, 0.25) is 11.8 Å². The molecule has 2 aliphatic heterocycles. The quantitative estimate of drug-likeness (QED) is 0.561. The van der Waals surface area contributed by atoms with Gasteiger partial charge in [-0.25, -0.2) is 13.6 Å². The van der Waals surface area contributed by atoms with Crippen LogP contribution in [0.2, 0.25) is 0 Å². The van der Waals surface area contributed by atoms with Crippen molar-refractivity contribution < 1.29 is 33.0 Å². The van der Waals surface area contributed by atoms with E-state index >= 15 is 0 Å². The van der Waals surface area contributed by atoms with Crippen LogP contribution in [0, 0.1) is 11.6 Å². The Morgan fingerprint density at radius 1 is 1.14 bits per heavy atom. The van der Waals surface area contributed by atoms with Crippen molar-refractivity contribution in [1.29, 1.82) is 0 Å². The van der Waals surface area contributed by atoms with Gasteiger partial charge in [0, 0.05) is 68.6 Å². The molecule has 0 unspecified atom stereocenters. The summed E-state index contributed by atoms with van der Waals surface area (Å²) in [5.74, 6) is -2.10. The van der Waals surface area contributed by atoms with E-state index in [1.54, 1.807) is 65.9 Å². The molecule has 2 aromatic rings. The van der Waals surface area contributed by atoms with Crippen LogP contribution in [0.5, 0.6) is 0 Å².